The molecule has 0 saturated heterocycles. The summed E-state index contributed by atoms with van der Waals surface area (Å²) in [5, 5.41) is 9.95. The van der Waals surface area contributed by atoms with E-state index >= 15 is 0 Å². The van der Waals surface area contributed by atoms with Crippen LogP contribution in [0.2, 0.25) is 0 Å². The molecule has 24 heavy (non-hydrogen) atoms. The third kappa shape index (κ3) is 2.09. The first kappa shape index (κ1) is 15.0. The number of aromatic nitrogens is 4. The summed E-state index contributed by atoms with van der Waals surface area (Å²) in [5.41, 5.74) is 1.92. The minimum Gasteiger partial charge on any atom is -0.274 e. The van der Waals surface area contributed by atoms with Crippen LogP contribution in [0.1, 0.15) is 5.82 Å². The van der Waals surface area contributed by atoms with Gasteiger partial charge >= 0.3 is 0 Å². The fourth-order valence-corrected chi connectivity index (χ4v) is 4.89. The van der Waals surface area contributed by atoms with Crippen molar-refractivity contribution < 1.29 is 8.42 Å². The van der Waals surface area contributed by atoms with Gasteiger partial charge in [-0.1, -0.05) is 18.2 Å². The van der Waals surface area contributed by atoms with Crippen LogP contribution in [0.15, 0.2) is 46.0 Å². The largest absolute Gasteiger partial charge is 0.274 e. The highest BCUT2D eigenvalue weighted by Crippen LogP contribution is 2.29. The van der Waals surface area contributed by atoms with Crippen molar-refractivity contribution in [1.82, 2.24) is 19.6 Å². The van der Waals surface area contributed by atoms with Crippen molar-refractivity contribution in [1.29, 1.82) is 0 Å². The normalized spacial score (nSPS) is 12.1. The van der Waals surface area contributed by atoms with Crippen LogP contribution in [-0.4, -0.2) is 35.0 Å². The van der Waals surface area contributed by atoms with Gasteiger partial charge in [-0.2, -0.15) is 0 Å². The molecule has 4 rings (SSSR count). The summed E-state index contributed by atoms with van der Waals surface area (Å²) in [6.07, 6.45) is 0. The highest BCUT2D eigenvalue weighted by Gasteiger charge is 2.27. The fraction of sp³-hybridized carbons (Fsp3) is 0.133. The smallest absolute Gasteiger partial charge is 0.274 e. The molecule has 7 nitrogen and oxygen atoms in total. The van der Waals surface area contributed by atoms with Gasteiger partial charge in [0.25, 0.3) is 10.0 Å². The third-order valence-corrected chi connectivity index (χ3v) is 6.90. The molecule has 4 aromatic rings. The van der Waals surface area contributed by atoms with Gasteiger partial charge in [0.2, 0.25) is 5.65 Å². The molecule has 0 spiro atoms. The quantitative estimate of drug-likeness (QED) is 0.561. The van der Waals surface area contributed by atoms with Crippen LogP contribution >= 0.6 is 11.3 Å². The Kier molecular flexibility index (Phi) is 3.29. The molecule has 122 valence electrons. The predicted octanol–water partition coefficient (Wildman–Crippen LogP) is 2.47. The van der Waals surface area contributed by atoms with Crippen molar-refractivity contribution in [3.8, 4) is 0 Å². The Hall–Kier alpha value is -2.52. The molecule has 0 amide bonds. The topological polar surface area (TPSA) is 80.5 Å². The first-order valence-electron chi connectivity index (χ1n) is 7.13. The number of benzene rings is 1. The second-order valence-electron chi connectivity index (χ2n) is 5.23. The lowest BCUT2D eigenvalue weighted by Crippen LogP contribution is -2.27. The Bertz CT molecular complexity index is 1150. The van der Waals surface area contributed by atoms with Gasteiger partial charge in [0.15, 0.2) is 5.82 Å². The number of nitrogens with zero attached hydrogens (tertiary/aromatic N) is 5. The number of thiophene rings is 1. The van der Waals surface area contributed by atoms with Crippen LogP contribution in [0.3, 0.4) is 0 Å². The highest BCUT2D eigenvalue weighted by atomic mass is 32.2. The van der Waals surface area contributed by atoms with Crippen molar-refractivity contribution in [2.24, 2.45) is 0 Å². The monoisotopic (exact) mass is 359 g/mol. The van der Waals surface area contributed by atoms with Gasteiger partial charge in [0.05, 0.1) is 11.0 Å². The van der Waals surface area contributed by atoms with E-state index in [4.69, 9.17) is 0 Å². The molecule has 3 aromatic heterocycles. The average Bonchev–Trinajstić information content (AvgIpc) is 3.24. The van der Waals surface area contributed by atoms with E-state index in [1.165, 1.54) is 18.4 Å². The van der Waals surface area contributed by atoms with Crippen molar-refractivity contribution in [3.05, 3.63) is 47.6 Å². The van der Waals surface area contributed by atoms with E-state index in [9.17, 15) is 8.42 Å². The third-order valence-electron chi connectivity index (χ3n) is 3.78. The molecule has 0 radical (unpaired) electrons. The molecule has 0 fully saturated rings. The standard InChI is InChI=1S/C15H13N5O2S2/c1-10-17-18-15-14(16-11-6-3-4-7-12(11)20(10)15)19(2)24(21,22)13-8-5-9-23-13/h3-9H,1-2H3. The molecule has 0 saturated carbocycles. The van der Waals surface area contributed by atoms with E-state index in [-0.39, 0.29) is 10.0 Å². The SMILES string of the molecule is Cc1nnc2c(N(C)S(=O)(=O)c3cccs3)nc3ccccc3n12. The zero-order chi connectivity index (χ0) is 16.9. The molecular weight excluding hydrogens is 346 g/mol. The molecule has 0 N–H and O–H groups in total. The summed E-state index contributed by atoms with van der Waals surface area (Å²) in [7, 11) is -2.21. The Balaban J connectivity index is 2.02. The number of anilines is 1. The van der Waals surface area contributed by atoms with Crippen LogP contribution in [0.4, 0.5) is 5.82 Å². The van der Waals surface area contributed by atoms with Gasteiger partial charge in [-0.25, -0.2) is 17.7 Å². The summed E-state index contributed by atoms with van der Waals surface area (Å²) in [5.74, 6) is 0.925. The van der Waals surface area contributed by atoms with Crippen molar-refractivity contribution >= 4 is 43.9 Å². The van der Waals surface area contributed by atoms with Crippen LogP contribution in [0.5, 0.6) is 0 Å². The van der Waals surface area contributed by atoms with Crippen LogP contribution in [0.25, 0.3) is 16.7 Å². The van der Waals surface area contributed by atoms with Crippen molar-refractivity contribution in [2.45, 2.75) is 11.1 Å². The zero-order valence-electron chi connectivity index (χ0n) is 12.9. The van der Waals surface area contributed by atoms with E-state index in [0.717, 1.165) is 9.82 Å². The number of fused-ring (bicyclic) bond motifs is 3. The molecule has 0 aliphatic rings. The fourth-order valence-electron chi connectivity index (χ4n) is 2.58. The lowest BCUT2D eigenvalue weighted by molar-refractivity contribution is 0.596. The van der Waals surface area contributed by atoms with E-state index in [2.05, 4.69) is 15.2 Å². The Morgan fingerprint density at radius 2 is 1.92 bits per heavy atom. The van der Waals surface area contributed by atoms with Gasteiger partial charge in [0.1, 0.15) is 10.0 Å². The maximum Gasteiger partial charge on any atom is 0.274 e. The van der Waals surface area contributed by atoms with Gasteiger partial charge in [-0.05, 0) is 30.5 Å². The van der Waals surface area contributed by atoms with E-state index in [1.807, 2.05) is 35.6 Å². The zero-order valence-corrected chi connectivity index (χ0v) is 14.5. The predicted molar refractivity (Wildman–Crippen MR) is 92.9 cm³/mol. The number of para-hydroxylation sites is 2. The van der Waals surface area contributed by atoms with Crippen molar-refractivity contribution in [2.75, 3.05) is 11.4 Å². The average molecular weight is 359 g/mol. The molecule has 1 aromatic carbocycles. The molecule has 9 heteroatoms. The summed E-state index contributed by atoms with van der Waals surface area (Å²) < 4.78 is 28.9. The van der Waals surface area contributed by atoms with Gasteiger partial charge < -0.3 is 0 Å². The van der Waals surface area contributed by atoms with Crippen LogP contribution < -0.4 is 4.31 Å². The van der Waals surface area contributed by atoms with Gasteiger partial charge in [-0.3, -0.25) is 4.40 Å². The summed E-state index contributed by atoms with van der Waals surface area (Å²) in [6.45, 7) is 1.82. The number of sulfonamides is 1. The molecular formula is C15H13N5O2S2. The molecule has 0 bridgehead atoms. The maximum absolute atomic E-state index is 12.8. The summed E-state index contributed by atoms with van der Waals surface area (Å²) in [6, 6.07) is 10.8. The number of hydrogen-bond acceptors (Lipinski definition) is 6. The first-order chi connectivity index (χ1) is 11.5. The van der Waals surface area contributed by atoms with E-state index < -0.39 is 10.0 Å². The Morgan fingerprint density at radius 1 is 1.12 bits per heavy atom. The molecule has 0 atom stereocenters. The van der Waals surface area contributed by atoms with Crippen LogP contribution in [-0.2, 0) is 10.0 Å². The Labute approximate surface area is 142 Å². The van der Waals surface area contributed by atoms with E-state index in [1.54, 1.807) is 17.5 Å². The Morgan fingerprint density at radius 3 is 2.67 bits per heavy atom. The molecule has 0 aliphatic heterocycles. The van der Waals surface area contributed by atoms with Gasteiger partial charge in [-0.15, -0.1) is 21.5 Å². The molecule has 3 heterocycles. The second kappa shape index (κ2) is 5.25. The lowest BCUT2D eigenvalue weighted by atomic mass is 10.3. The summed E-state index contributed by atoms with van der Waals surface area (Å²) >= 11 is 1.17. The van der Waals surface area contributed by atoms with Gasteiger partial charge in [0, 0.05) is 7.05 Å². The second-order valence-corrected chi connectivity index (χ2v) is 8.38. The minimum absolute atomic E-state index is 0.253. The lowest BCUT2D eigenvalue weighted by Gasteiger charge is -2.18. The van der Waals surface area contributed by atoms with E-state index in [0.29, 0.717) is 17.0 Å². The highest BCUT2D eigenvalue weighted by molar-refractivity contribution is 7.94. The molecule has 0 aliphatic carbocycles. The van der Waals surface area contributed by atoms with Crippen molar-refractivity contribution in [3.63, 3.8) is 0 Å². The maximum atomic E-state index is 12.8. The van der Waals surface area contributed by atoms with Crippen LogP contribution in [0, 0.1) is 6.92 Å². The summed E-state index contributed by atoms with van der Waals surface area (Å²) in [4.78, 5) is 4.52. The molecule has 0 unspecified atom stereocenters. The first-order valence-corrected chi connectivity index (χ1v) is 9.45. The number of rotatable bonds is 3. The minimum atomic E-state index is -3.69. The number of aryl methyl sites for hydroxylation is 1. The number of hydrogen-bond donors (Lipinski definition) is 0.